The third-order valence-corrected chi connectivity index (χ3v) is 4.87. The maximum atomic E-state index is 11.3. The first-order chi connectivity index (χ1) is 10.6. The molecule has 4 N–H and O–H groups in total. The lowest BCUT2D eigenvalue weighted by Crippen LogP contribution is -2.41. The van der Waals surface area contributed by atoms with Gasteiger partial charge in [0.25, 0.3) is 10.0 Å². The van der Waals surface area contributed by atoms with Crippen molar-refractivity contribution in [2.45, 2.75) is 37.3 Å². The number of anilines is 1. The highest BCUT2D eigenvalue weighted by Gasteiger charge is 2.40. The minimum atomic E-state index is -3.82. The van der Waals surface area contributed by atoms with Gasteiger partial charge in [-0.05, 0) is 44.7 Å². The van der Waals surface area contributed by atoms with E-state index in [0.717, 1.165) is 12.8 Å². The number of pyridine rings is 1. The number of carboxylic acid groups (broad SMARTS) is 1. The van der Waals surface area contributed by atoms with Crippen molar-refractivity contribution in [2.24, 2.45) is 11.1 Å². The summed E-state index contributed by atoms with van der Waals surface area (Å²) < 4.78 is 22.5. The third-order valence-electron chi connectivity index (χ3n) is 4.06. The van der Waals surface area contributed by atoms with E-state index in [-0.39, 0.29) is 16.5 Å². The predicted octanol–water partition coefficient (Wildman–Crippen LogP) is 1.31. The smallest absolute Gasteiger partial charge is 0.407 e. The Morgan fingerprint density at radius 1 is 1.52 bits per heavy atom. The highest BCUT2D eigenvalue weighted by molar-refractivity contribution is 7.89. The van der Waals surface area contributed by atoms with Gasteiger partial charge < -0.3 is 15.3 Å². The summed E-state index contributed by atoms with van der Waals surface area (Å²) in [6, 6.07) is 4.57. The topological polar surface area (TPSA) is 126 Å². The zero-order valence-electron chi connectivity index (χ0n) is 13.2. The molecule has 0 aromatic carbocycles. The minimum absolute atomic E-state index is 0.179. The molecule has 1 aromatic rings. The standard InChI is InChI=1S/C14H22N4O4S/c1-14(2)8-10(9-18(14)13(19)20)6-7-16-11-4-3-5-12(17-11)23(15,21)22/h3-5,10H,6-9H2,1-2H3,(H,16,17)(H,19,20)(H2,15,21,22)/t10-/m0/s1. The third kappa shape index (κ3) is 4.32. The lowest BCUT2D eigenvalue weighted by molar-refractivity contribution is 0.117. The molecule has 0 radical (unpaired) electrons. The Balaban J connectivity index is 1.90. The Morgan fingerprint density at radius 2 is 2.22 bits per heavy atom. The monoisotopic (exact) mass is 342 g/mol. The zero-order chi connectivity index (χ0) is 17.3. The van der Waals surface area contributed by atoms with Crippen LogP contribution in [0.15, 0.2) is 23.2 Å². The molecule has 1 aliphatic rings. The average Bonchev–Trinajstić information content (AvgIpc) is 2.73. The molecule has 2 heterocycles. The number of hydrogen-bond donors (Lipinski definition) is 3. The van der Waals surface area contributed by atoms with E-state index in [1.165, 1.54) is 11.0 Å². The second-order valence-electron chi connectivity index (χ2n) is 6.40. The summed E-state index contributed by atoms with van der Waals surface area (Å²) in [4.78, 5) is 16.6. The molecule has 128 valence electrons. The van der Waals surface area contributed by atoms with Gasteiger partial charge in [0.15, 0.2) is 5.03 Å². The number of rotatable bonds is 5. The van der Waals surface area contributed by atoms with Gasteiger partial charge in [0, 0.05) is 18.6 Å². The van der Waals surface area contributed by atoms with Crippen LogP contribution in [0.2, 0.25) is 0 Å². The largest absolute Gasteiger partial charge is 0.465 e. The van der Waals surface area contributed by atoms with Crippen molar-refractivity contribution in [1.29, 1.82) is 0 Å². The van der Waals surface area contributed by atoms with Gasteiger partial charge in [-0.2, -0.15) is 0 Å². The molecule has 1 aromatic heterocycles. The molecule has 0 unspecified atom stereocenters. The molecule has 1 amide bonds. The number of nitrogens with one attached hydrogen (secondary N) is 1. The molecule has 9 heteroatoms. The summed E-state index contributed by atoms with van der Waals surface area (Å²) in [7, 11) is -3.82. The number of sulfonamides is 1. The van der Waals surface area contributed by atoms with Gasteiger partial charge in [-0.15, -0.1) is 0 Å². The van der Waals surface area contributed by atoms with Crippen LogP contribution in [0.25, 0.3) is 0 Å². The van der Waals surface area contributed by atoms with Crippen LogP contribution in [0.4, 0.5) is 10.6 Å². The Labute approximate surface area is 135 Å². The van der Waals surface area contributed by atoms with Gasteiger partial charge in [-0.25, -0.2) is 23.3 Å². The molecule has 1 fully saturated rings. The van der Waals surface area contributed by atoms with Gasteiger partial charge in [0.2, 0.25) is 0 Å². The molecule has 1 aliphatic heterocycles. The molecule has 8 nitrogen and oxygen atoms in total. The zero-order valence-corrected chi connectivity index (χ0v) is 14.0. The fourth-order valence-electron chi connectivity index (χ4n) is 2.99. The van der Waals surface area contributed by atoms with E-state index in [2.05, 4.69) is 10.3 Å². The lowest BCUT2D eigenvalue weighted by Gasteiger charge is -2.28. The fraction of sp³-hybridized carbons (Fsp3) is 0.571. The summed E-state index contributed by atoms with van der Waals surface area (Å²) in [5.41, 5.74) is -0.359. The molecule has 23 heavy (non-hydrogen) atoms. The van der Waals surface area contributed by atoms with Gasteiger partial charge in [-0.3, -0.25) is 0 Å². The second-order valence-corrected chi connectivity index (χ2v) is 7.91. The number of likely N-dealkylation sites (tertiary alicyclic amines) is 1. The van der Waals surface area contributed by atoms with Crippen LogP contribution >= 0.6 is 0 Å². The normalized spacial score (nSPS) is 20.5. The summed E-state index contributed by atoms with van der Waals surface area (Å²) in [6.45, 7) is 4.93. The van der Waals surface area contributed by atoms with Crippen LogP contribution < -0.4 is 10.5 Å². The fourth-order valence-corrected chi connectivity index (χ4v) is 3.49. The molecule has 0 bridgehead atoms. The average molecular weight is 342 g/mol. The lowest BCUT2D eigenvalue weighted by atomic mass is 9.94. The minimum Gasteiger partial charge on any atom is -0.465 e. The van der Waals surface area contributed by atoms with Gasteiger partial charge >= 0.3 is 6.09 Å². The summed E-state index contributed by atoms with van der Waals surface area (Å²) in [5, 5.41) is 17.1. The molecular weight excluding hydrogens is 320 g/mol. The Kier molecular flexibility index (Phi) is 4.81. The van der Waals surface area contributed by atoms with Crippen LogP contribution in [0.1, 0.15) is 26.7 Å². The number of aromatic nitrogens is 1. The van der Waals surface area contributed by atoms with E-state index in [0.29, 0.717) is 18.9 Å². The Morgan fingerprint density at radius 3 is 2.78 bits per heavy atom. The van der Waals surface area contributed by atoms with Crippen molar-refractivity contribution in [3.63, 3.8) is 0 Å². The van der Waals surface area contributed by atoms with E-state index in [1.54, 1.807) is 12.1 Å². The molecule has 0 saturated carbocycles. The molecule has 0 spiro atoms. The molecule has 1 atom stereocenters. The number of hydrogen-bond acceptors (Lipinski definition) is 5. The van der Waals surface area contributed by atoms with Crippen molar-refractivity contribution >= 4 is 21.9 Å². The molecule has 0 aliphatic carbocycles. The van der Waals surface area contributed by atoms with Gasteiger partial charge in [0.1, 0.15) is 5.82 Å². The summed E-state index contributed by atoms with van der Waals surface area (Å²) in [6.07, 6.45) is 0.674. The van der Waals surface area contributed by atoms with Crippen LogP contribution in [-0.4, -0.2) is 48.1 Å². The van der Waals surface area contributed by atoms with Crippen LogP contribution in [0, 0.1) is 5.92 Å². The predicted molar refractivity (Wildman–Crippen MR) is 85.6 cm³/mol. The van der Waals surface area contributed by atoms with E-state index in [1.807, 2.05) is 13.8 Å². The summed E-state index contributed by atoms with van der Waals surface area (Å²) in [5.74, 6) is 0.693. The number of amides is 1. The van der Waals surface area contributed by atoms with Crippen LogP contribution in [-0.2, 0) is 10.0 Å². The second kappa shape index (κ2) is 6.32. The highest BCUT2D eigenvalue weighted by Crippen LogP contribution is 2.34. The van der Waals surface area contributed by atoms with Gasteiger partial charge in [0.05, 0.1) is 0 Å². The number of nitrogens with zero attached hydrogens (tertiary/aromatic N) is 2. The first-order valence-corrected chi connectivity index (χ1v) is 8.88. The number of primary sulfonamides is 1. The maximum Gasteiger partial charge on any atom is 0.407 e. The first kappa shape index (κ1) is 17.5. The van der Waals surface area contributed by atoms with E-state index in [9.17, 15) is 18.3 Å². The summed E-state index contributed by atoms with van der Waals surface area (Å²) >= 11 is 0. The van der Waals surface area contributed by atoms with Gasteiger partial charge in [-0.1, -0.05) is 6.07 Å². The van der Waals surface area contributed by atoms with Crippen molar-refractivity contribution in [3.8, 4) is 0 Å². The van der Waals surface area contributed by atoms with Crippen molar-refractivity contribution in [3.05, 3.63) is 18.2 Å². The van der Waals surface area contributed by atoms with Crippen LogP contribution in [0.5, 0.6) is 0 Å². The molecule has 2 rings (SSSR count). The Bertz CT molecular complexity index is 690. The van der Waals surface area contributed by atoms with Crippen molar-refractivity contribution in [2.75, 3.05) is 18.4 Å². The quantitative estimate of drug-likeness (QED) is 0.741. The Hall–Kier alpha value is -1.87. The van der Waals surface area contributed by atoms with E-state index < -0.39 is 16.1 Å². The maximum absolute atomic E-state index is 11.3. The number of nitrogens with two attached hydrogens (primary N) is 1. The van der Waals surface area contributed by atoms with Crippen molar-refractivity contribution < 1.29 is 18.3 Å². The van der Waals surface area contributed by atoms with Crippen molar-refractivity contribution in [1.82, 2.24) is 9.88 Å². The molecular formula is C14H22N4O4S. The van der Waals surface area contributed by atoms with E-state index in [4.69, 9.17) is 5.14 Å². The van der Waals surface area contributed by atoms with E-state index >= 15 is 0 Å². The molecule has 1 saturated heterocycles. The first-order valence-electron chi connectivity index (χ1n) is 7.34. The highest BCUT2D eigenvalue weighted by atomic mass is 32.2. The SMILES string of the molecule is CC1(C)C[C@H](CCNc2cccc(S(N)(=O)=O)n2)CN1C(=O)O. The van der Waals surface area contributed by atoms with Crippen LogP contribution in [0.3, 0.4) is 0 Å². The number of carbonyl (C=O) groups is 1.